The summed E-state index contributed by atoms with van der Waals surface area (Å²) in [6.07, 6.45) is 3.12. The van der Waals surface area contributed by atoms with Crippen LogP contribution in [0.5, 0.6) is 0 Å². The van der Waals surface area contributed by atoms with Crippen molar-refractivity contribution >= 4 is 5.97 Å². The smallest absolute Gasteiger partial charge is 0.326 e. The summed E-state index contributed by atoms with van der Waals surface area (Å²) in [5.74, 6) is -0.0168. The standard InChI is InChI=1S/C10H15N3O2/c1-6-9(8(11)10(14)15)13-5-3-2-4-7(13)12-6/h8H,2-5,11H2,1H3,(H,14,15). The van der Waals surface area contributed by atoms with Crippen LogP contribution in [0.3, 0.4) is 0 Å². The number of aromatic nitrogens is 2. The van der Waals surface area contributed by atoms with Crippen LogP contribution in [0.15, 0.2) is 0 Å². The topological polar surface area (TPSA) is 81.1 Å². The van der Waals surface area contributed by atoms with Crippen molar-refractivity contribution in [3.05, 3.63) is 17.2 Å². The van der Waals surface area contributed by atoms with Crippen LogP contribution in [0.25, 0.3) is 0 Å². The van der Waals surface area contributed by atoms with Gasteiger partial charge in [-0.15, -0.1) is 0 Å². The first-order valence-electron chi connectivity index (χ1n) is 5.15. The van der Waals surface area contributed by atoms with E-state index in [0.29, 0.717) is 5.69 Å². The van der Waals surface area contributed by atoms with E-state index < -0.39 is 12.0 Å². The maximum absolute atomic E-state index is 10.9. The summed E-state index contributed by atoms with van der Waals surface area (Å²) in [5, 5.41) is 8.91. The zero-order valence-electron chi connectivity index (χ0n) is 8.73. The molecule has 0 fully saturated rings. The highest BCUT2D eigenvalue weighted by Crippen LogP contribution is 2.23. The van der Waals surface area contributed by atoms with Crippen LogP contribution < -0.4 is 5.73 Å². The lowest BCUT2D eigenvalue weighted by Crippen LogP contribution is -2.26. The molecule has 1 unspecified atom stereocenters. The van der Waals surface area contributed by atoms with Crippen molar-refractivity contribution in [2.24, 2.45) is 5.73 Å². The third kappa shape index (κ3) is 1.63. The van der Waals surface area contributed by atoms with Gasteiger partial charge in [-0.05, 0) is 19.8 Å². The second-order valence-electron chi connectivity index (χ2n) is 3.92. The molecule has 2 heterocycles. The summed E-state index contributed by atoms with van der Waals surface area (Å²) in [4.78, 5) is 15.2. The first-order valence-corrected chi connectivity index (χ1v) is 5.15. The molecule has 0 saturated heterocycles. The Labute approximate surface area is 87.9 Å². The zero-order chi connectivity index (χ0) is 11.0. The first kappa shape index (κ1) is 10.2. The van der Waals surface area contributed by atoms with E-state index in [1.54, 1.807) is 0 Å². The van der Waals surface area contributed by atoms with Gasteiger partial charge >= 0.3 is 5.97 Å². The fraction of sp³-hybridized carbons (Fsp3) is 0.600. The van der Waals surface area contributed by atoms with Gasteiger partial charge in [0, 0.05) is 13.0 Å². The highest BCUT2D eigenvalue weighted by atomic mass is 16.4. The van der Waals surface area contributed by atoms with Crippen LogP contribution in [-0.2, 0) is 17.8 Å². The molecule has 1 aromatic heterocycles. The summed E-state index contributed by atoms with van der Waals surface area (Å²) < 4.78 is 1.97. The summed E-state index contributed by atoms with van der Waals surface area (Å²) >= 11 is 0. The second kappa shape index (κ2) is 3.66. The van der Waals surface area contributed by atoms with Crippen molar-refractivity contribution in [2.75, 3.05) is 0 Å². The normalized spacial score (nSPS) is 17.2. The number of carboxylic acids is 1. The lowest BCUT2D eigenvalue weighted by atomic mass is 10.1. The number of rotatable bonds is 2. The fourth-order valence-corrected chi connectivity index (χ4v) is 2.15. The molecule has 1 aliphatic rings. The number of aryl methyl sites for hydroxylation is 2. The van der Waals surface area contributed by atoms with Gasteiger partial charge in [-0.1, -0.05) is 0 Å². The molecule has 0 spiro atoms. The van der Waals surface area contributed by atoms with E-state index in [1.807, 2.05) is 11.5 Å². The van der Waals surface area contributed by atoms with Crippen molar-refractivity contribution in [2.45, 2.75) is 38.8 Å². The number of imidazole rings is 1. The quantitative estimate of drug-likeness (QED) is 0.747. The van der Waals surface area contributed by atoms with Crippen LogP contribution in [0.2, 0.25) is 0 Å². The predicted molar refractivity (Wildman–Crippen MR) is 54.5 cm³/mol. The molecule has 82 valence electrons. The SMILES string of the molecule is Cc1nc2n(c1C(N)C(=O)O)CCCC2. The van der Waals surface area contributed by atoms with Gasteiger partial charge in [0.05, 0.1) is 11.4 Å². The Kier molecular flexibility index (Phi) is 2.48. The first-order chi connectivity index (χ1) is 7.11. The Bertz CT molecular complexity index is 398. The van der Waals surface area contributed by atoms with E-state index in [0.717, 1.165) is 37.3 Å². The molecule has 5 nitrogen and oxygen atoms in total. The molecule has 15 heavy (non-hydrogen) atoms. The molecule has 0 aliphatic carbocycles. The minimum absolute atomic E-state index is 0.664. The number of fused-ring (bicyclic) bond motifs is 1. The molecule has 5 heteroatoms. The summed E-state index contributed by atoms with van der Waals surface area (Å²) in [5.41, 5.74) is 7.06. The maximum atomic E-state index is 10.9. The number of carboxylic acid groups (broad SMARTS) is 1. The molecule has 0 saturated carbocycles. The molecule has 3 N–H and O–H groups in total. The number of carbonyl (C=O) groups is 1. The monoisotopic (exact) mass is 209 g/mol. The van der Waals surface area contributed by atoms with Gasteiger partial charge in [-0.25, -0.2) is 4.98 Å². The molecule has 0 radical (unpaired) electrons. The van der Waals surface area contributed by atoms with Crippen LogP contribution >= 0.6 is 0 Å². The third-order valence-electron chi connectivity index (χ3n) is 2.86. The highest BCUT2D eigenvalue weighted by Gasteiger charge is 2.25. The van der Waals surface area contributed by atoms with E-state index in [9.17, 15) is 4.79 Å². The summed E-state index contributed by atoms with van der Waals surface area (Å²) in [6, 6.07) is -0.954. The number of nitrogens with zero attached hydrogens (tertiary/aromatic N) is 2. The number of aliphatic carboxylic acids is 1. The van der Waals surface area contributed by atoms with Crippen LogP contribution in [0.1, 0.15) is 36.1 Å². The van der Waals surface area contributed by atoms with Gasteiger partial charge < -0.3 is 15.4 Å². The van der Waals surface area contributed by atoms with Gasteiger partial charge in [0.1, 0.15) is 11.9 Å². The lowest BCUT2D eigenvalue weighted by Gasteiger charge is -2.18. The van der Waals surface area contributed by atoms with Crippen LogP contribution in [0, 0.1) is 6.92 Å². The molecule has 1 atom stereocenters. The molecular formula is C10H15N3O2. The molecule has 1 aromatic rings. The Morgan fingerprint density at radius 3 is 3.00 bits per heavy atom. The molecule has 2 rings (SSSR count). The molecule has 0 aromatic carbocycles. The van der Waals surface area contributed by atoms with Gasteiger partial charge in [0.25, 0.3) is 0 Å². The van der Waals surface area contributed by atoms with Gasteiger partial charge in [0.15, 0.2) is 0 Å². The van der Waals surface area contributed by atoms with E-state index in [4.69, 9.17) is 10.8 Å². The Balaban J connectivity index is 2.46. The van der Waals surface area contributed by atoms with Crippen molar-refractivity contribution in [1.82, 2.24) is 9.55 Å². The lowest BCUT2D eigenvalue weighted by molar-refractivity contribution is -0.138. The Morgan fingerprint density at radius 1 is 1.60 bits per heavy atom. The highest BCUT2D eigenvalue weighted by molar-refractivity contribution is 5.75. The Morgan fingerprint density at radius 2 is 2.33 bits per heavy atom. The number of hydrogen-bond acceptors (Lipinski definition) is 3. The minimum Gasteiger partial charge on any atom is -0.480 e. The maximum Gasteiger partial charge on any atom is 0.326 e. The third-order valence-corrected chi connectivity index (χ3v) is 2.86. The largest absolute Gasteiger partial charge is 0.480 e. The van der Waals surface area contributed by atoms with Gasteiger partial charge in [-0.2, -0.15) is 0 Å². The summed E-state index contributed by atoms with van der Waals surface area (Å²) in [6.45, 7) is 2.66. The average Bonchev–Trinajstić information content (AvgIpc) is 2.52. The van der Waals surface area contributed by atoms with Crippen LogP contribution in [0.4, 0.5) is 0 Å². The molecule has 0 amide bonds. The minimum atomic E-state index is -0.994. The van der Waals surface area contributed by atoms with Gasteiger partial charge in [-0.3, -0.25) is 4.79 Å². The molecule has 1 aliphatic heterocycles. The average molecular weight is 209 g/mol. The predicted octanol–water partition coefficient (Wildman–Crippen LogP) is 0.612. The fourth-order valence-electron chi connectivity index (χ4n) is 2.15. The van der Waals surface area contributed by atoms with Crippen molar-refractivity contribution in [1.29, 1.82) is 0 Å². The zero-order valence-corrected chi connectivity index (χ0v) is 8.73. The van der Waals surface area contributed by atoms with Crippen LogP contribution in [-0.4, -0.2) is 20.6 Å². The van der Waals surface area contributed by atoms with E-state index >= 15 is 0 Å². The molecular weight excluding hydrogens is 194 g/mol. The van der Waals surface area contributed by atoms with Crippen molar-refractivity contribution < 1.29 is 9.90 Å². The Hall–Kier alpha value is -1.36. The summed E-state index contributed by atoms with van der Waals surface area (Å²) in [7, 11) is 0. The van der Waals surface area contributed by atoms with E-state index in [1.165, 1.54) is 0 Å². The van der Waals surface area contributed by atoms with E-state index in [-0.39, 0.29) is 0 Å². The van der Waals surface area contributed by atoms with Crippen molar-refractivity contribution in [3.8, 4) is 0 Å². The second-order valence-corrected chi connectivity index (χ2v) is 3.92. The number of hydrogen-bond donors (Lipinski definition) is 2. The number of nitrogens with two attached hydrogens (primary N) is 1. The van der Waals surface area contributed by atoms with Gasteiger partial charge in [0.2, 0.25) is 0 Å². The molecule has 0 bridgehead atoms. The van der Waals surface area contributed by atoms with Crippen molar-refractivity contribution in [3.63, 3.8) is 0 Å². The van der Waals surface area contributed by atoms with E-state index in [2.05, 4.69) is 4.98 Å².